The maximum atomic E-state index is 12.9. The summed E-state index contributed by atoms with van der Waals surface area (Å²) in [5.41, 5.74) is -0.496. The number of carbonyl (C=O) groups is 1. The molecular weight excluding hydrogens is 386 g/mol. The van der Waals surface area contributed by atoms with Gasteiger partial charge in [-0.05, 0) is 20.2 Å². The van der Waals surface area contributed by atoms with Crippen LogP contribution in [-0.2, 0) is 6.54 Å². The standard InChI is InChI=1S/C19H25N3O5.ClH/c1-6-8-22-13-11-15(27-5)14(26-4)10-12(13)17(23)16(19(22)25)18(24)20-7-9-21(2)3;/h6,10-11,23H,1,7-9H2,2-5H3,(H,20,24);1H. The first kappa shape index (κ1) is 23.3. The average Bonchev–Trinajstić information content (AvgIpc) is 2.63. The van der Waals surface area contributed by atoms with Crippen LogP contribution >= 0.6 is 12.4 Å². The molecule has 1 heterocycles. The summed E-state index contributed by atoms with van der Waals surface area (Å²) in [6, 6.07) is 3.13. The Hall–Kier alpha value is -2.71. The van der Waals surface area contributed by atoms with Crippen molar-refractivity contribution in [2.24, 2.45) is 0 Å². The number of pyridine rings is 1. The minimum absolute atomic E-state index is 0. The Morgan fingerprint density at radius 2 is 1.89 bits per heavy atom. The minimum Gasteiger partial charge on any atom is -0.506 e. The van der Waals surface area contributed by atoms with Gasteiger partial charge < -0.3 is 29.4 Å². The first-order chi connectivity index (χ1) is 12.8. The summed E-state index contributed by atoms with van der Waals surface area (Å²) >= 11 is 0. The maximum absolute atomic E-state index is 12.9. The second kappa shape index (κ2) is 10.0. The largest absolute Gasteiger partial charge is 0.506 e. The second-order valence-corrected chi connectivity index (χ2v) is 6.21. The number of ether oxygens (including phenoxy) is 2. The number of nitrogens with zero attached hydrogens (tertiary/aromatic N) is 2. The second-order valence-electron chi connectivity index (χ2n) is 6.21. The highest BCUT2D eigenvalue weighted by molar-refractivity contribution is 6.03. The highest BCUT2D eigenvalue weighted by atomic mass is 35.5. The predicted molar refractivity (Wildman–Crippen MR) is 111 cm³/mol. The van der Waals surface area contributed by atoms with Crippen molar-refractivity contribution in [1.82, 2.24) is 14.8 Å². The molecule has 0 unspecified atom stereocenters. The quantitative estimate of drug-likeness (QED) is 0.641. The molecule has 0 radical (unpaired) electrons. The first-order valence-corrected chi connectivity index (χ1v) is 8.41. The van der Waals surface area contributed by atoms with Crippen LogP contribution in [0.15, 0.2) is 29.6 Å². The van der Waals surface area contributed by atoms with E-state index in [0.717, 1.165) is 0 Å². The molecule has 1 aromatic heterocycles. The lowest BCUT2D eigenvalue weighted by Gasteiger charge is -2.17. The number of allylic oxidation sites excluding steroid dienone is 1. The van der Waals surface area contributed by atoms with Gasteiger partial charge in [0.25, 0.3) is 11.5 Å². The molecule has 0 spiro atoms. The number of amides is 1. The number of methoxy groups -OCH3 is 2. The summed E-state index contributed by atoms with van der Waals surface area (Å²) in [5, 5.41) is 13.7. The van der Waals surface area contributed by atoms with Crippen molar-refractivity contribution >= 4 is 29.2 Å². The molecule has 1 aromatic carbocycles. The highest BCUT2D eigenvalue weighted by Crippen LogP contribution is 2.36. The normalized spacial score (nSPS) is 10.5. The van der Waals surface area contributed by atoms with Gasteiger partial charge in [-0.2, -0.15) is 0 Å². The van der Waals surface area contributed by atoms with Crippen molar-refractivity contribution in [3.63, 3.8) is 0 Å². The number of aromatic nitrogens is 1. The number of carbonyl (C=O) groups excluding carboxylic acids is 1. The van der Waals surface area contributed by atoms with Crippen LogP contribution in [-0.4, -0.2) is 61.9 Å². The Labute approximate surface area is 169 Å². The van der Waals surface area contributed by atoms with E-state index in [-0.39, 0.29) is 24.5 Å². The minimum atomic E-state index is -0.631. The first-order valence-electron chi connectivity index (χ1n) is 8.41. The smallest absolute Gasteiger partial charge is 0.268 e. The molecule has 0 saturated carbocycles. The van der Waals surface area contributed by atoms with E-state index in [1.165, 1.54) is 18.8 Å². The molecule has 0 bridgehead atoms. The Balaban J connectivity index is 0.00000392. The van der Waals surface area contributed by atoms with Gasteiger partial charge >= 0.3 is 0 Å². The monoisotopic (exact) mass is 411 g/mol. The Morgan fingerprint density at radius 1 is 1.29 bits per heavy atom. The summed E-state index contributed by atoms with van der Waals surface area (Å²) in [5.74, 6) is -0.236. The van der Waals surface area contributed by atoms with E-state index in [2.05, 4.69) is 11.9 Å². The molecule has 9 heteroatoms. The third-order valence-electron chi connectivity index (χ3n) is 4.13. The van der Waals surface area contributed by atoms with Crippen LogP contribution in [0, 0.1) is 0 Å². The van der Waals surface area contributed by atoms with Gasteiger partial charge in [0.1, 0.15) is 11.3 Å². The number of fused-ring (bicyclic) bond motifs is 1. The van der Waals surface area contributed by atoms with Gasteiger partial charge in [-0.1, -0.05) is 6.08 Å². The number of nitrogens with one attached hydrogen (secondary N) is 1. The fraction of sp³-hybridized carbons (Fsp3) is 0.368. The van der Waals surface area contributed by atoms with Crippen LogP contribution < -0.4 is 20.3 Å². The van der Waals surface area contributed by atoms with Crippen molar-refractivity contribution < 1.29 is 19.4 Å². The highest BCUT2D eigenvalue weighted by Gasteiger charge is 2.23. The number of halogens is 1. The number of rotatable bonds is 8. The van der Waals surface area contributed by atoms with E-state index in [1.54, 1.807) is 18.2 Å². The Bertz CT molecular complexity index is 924. The fourth-order valence-corrected chi connectivity index (χ4v) is 2.76. The number of hydrogen-bond acceptors (Lipinski definition) is 6. The SMILES string of the molecule is C=CCn1c(=O)c(C(=O)NCCN(C)C)c(O)c2cc(OC)c(OC)cc21.Cl. The molecule has 8 nitrogen and oxygen atoms in total. The number of benzene rings is 1. The van der Waals surface area contributed by atoms with Crippen LogP contribution in [0.1, 0.15) is 10.4 Å². The Morgan fingerprint density at radius 3 is 2.43 bits per heavy atom. The van der Waals surface area contributed by atoms with Crippen molar-refractivity contribution in [3.8, 4) is 17.2 Å². The van der Waals surface area contributed by atoms with E-state index in [9.17, 15) is 14.7 Å². The number of hydrogen-bond donors (Lipinski definition) is 2. The summed E-state index contributed by atoms with van der Waals surface area (Å²) < 4.78 is 11.9. The molecular formula is C19H26ClN3O5. The van der Waals surface area contributed by atoms with Gasteiger partial charge in [-0.25, -0.2) is 0 Å². The molecule has 0 saturated heterocycles. The molecule has 28 heavy (non-hydrogen) atoms. The third-order valence-corrected chi connectivity index (χ3v) is 4.13. The van der Waals surface area contributed by atoms with E-state index in [4.69, 9.17) is 9.47 Å². The van der Waals surface area contributed by atoms with Gasteiger partial charge in [0.05, 0.1) is 19.7 Å². The molecule has 2 N–H and O–H groups in total. The number of aromatic hydroxyl groups is 1. The third kappa shape index (κ3) is 4.58. The molecule has 2 rings (SSSR count). The van der Waals surface area contributed by atoms with E-state index >= 15 is 0 Å². The molecule has 154 valence electrons. The van der Waals surface area contributed by atoms with Crippen LogP contribution in [0.2, 0.25) is 0 Å². The van der Waals surface area contributed by atoms with Crippen molar-refractivity contribution in [1.29, 1.82) is 0 Å². The predicted octanol–water partition coefficient (Wildman–Crippen LogP) is 1.62. The fourth-order valence-electron chi connectivity index (χ4n) is 2.76. The molecule has 0 aliphatic carbocycles. The van der Waals surface area contributed by atoms with E-state index in [0.29, 0.717) is 35.5 Å². The van der Waals surface area contributed by atoms with Gasteiger partial charge in [0.2, 0.25) is 0 Å². The average molecular weight is 412 g/mol. The van der Waals surface area contributed by atoms with Crippen LogP contribution in [0.3, 0.4) is 0 Å². The molecule has 0 aliphatic rings. The van der Waals surface area contributed by atoms with Crippen molar-refractivity contribution in [2.75, 3.05) is 41.4 Å². The van der Waals surface area contributed by atoms with Crippen LogP contribution in [0.4, 0.5) is 0 Å². The molecule has 1 amide bonds. The number of likely N-dealkylation sites (N-methyl/N-ethyl adjacent to an activating group) is 1. The lowest BCUT2D eigenvalue weighted by molar-refractivity contribution is 0.0946. The van der Waals surface area contributed by atoms with E-state index < -0.39 is 17.2 Å². The van der Waals surface area contributed by atoms with E-state index in [1.807, 2.05) is 19.0 Å². The summed E-state index contributed by atoms with van der Waals surface area (Å²) in [6.45, 7) is 4.78. The lowest BCUT2D eigenvalue weighted by atomic mass is 10.1. The van der Waals surface area contributed by atoms with Gasteiger partial charge in [0.15, 0.2) is 11.5 Å². The molecule has 0 atom stereocenters. The summed E-state index contributed by atoms with van der Waals surface area (Å²) in [4.78, 5) is 27.4. The lowest BCUT2D eigenvalue weighted by Crippen LogP contribution is -2.36. The molecule has 0 aliphatic heterocycles. The summed E-state index contributed by atoms with van der Waals surface area (Å²) in [7, 11) is 6.69. The topological polar surface area (TPSA) is 93.0 Å². The zero-order chi connectivity index (χ0) is 20.1. The Kier molecular flexibility index (Phi) is 8.34. The van der Waals surface area contributed by atoms with Crippen LogP contribution in [0.25, 0.3) is 10.9 Å². The zero-order valence-corrected chi connectivity index (χ0v) is 17.3. The molecule has 2 aromatic rings. The van der Waals surface area contributed by atoms with Crippen LogP contribution in [0.5, 0.6) is 17.2 Å². The van der Waals surface area contributed by atoms with Gasteiger partial charge in [0, 0.05) is 31.1 Å². The summed E-state index contributed by atoms with van der Waals surface area (Å²) in [6.07, 6.45) is 1.54. The van der Waals surface area contributed by atoms with Gasteiger partial charge in [-0.3, -0.25) is 9.59 Å². The molecule has 0 fully saturated rings. The maximum Gasteiger partial charge on any atom is 0.268 e. The van der Waals surface area contributed by atoms with Crippen molar-refractivity contribution in [3.05, 3.63) is 40.7 Å². The van der Waals surface area contributed by atoms with Gasteiger partial charge in [-0.15, -0.1) is 19.0 Å². The van der Waals surface area contributed by atoms with Crippen molar-refractivity contribution in [2.45, 2.75) is 6.54 Å². The zero-order valence-electron chi connectivity index (χ0n) is 16.4.